The van der Waals surface area contributed by atoms with Crippen LogP contribution in [0.2, 0.25) is 0 Å². The third-order valence-corrected chi connectivity index (χ3v) is 5.49. The van der Waals surface area contributed by atoms with Crippen LogP contribution in [0, 0.1) is 0 Å². The van der Waals surface area contributed by atoms with Gasteiger partial charge in [0.15, 0.2) is 11.5 Å². The molecule has 1 N–H and O–H groups in total. The third-order valence-electron chi connectivity index (χ3n) is 4.77. The van der Waals surface area contributed by atoms with Gasteiger partial charge in [-0.2, -0.15) is 4.98 Å². The van der Waals surface area contributed by atoms with Crippen molar-refractivity contribution in [3.63, 3.8) is 0 Å². The van der Waals surface area contributed by atoms with E-state index in [0.29, 0.717) is 40.5 Å². The van der Waals surface area contributed by atoms with Crippen molar-refractivity contribution in [2.45, 2.75) is 44.8 Å². The Bertz CT molecular complexity index is 941. The number of benzene rings is 1. The number of hydrogen-bond donors (Lipinski definition) is 1. The molecule has 0 saturated heterocycles. The van der Waals surface area contributed by atoms with Gasteiger partial charge in [-0.25, -0.2) is 9.48 Å². The summed E-state index contributed by atoms with van der Waals surface area (Å²) in [6, 6.07) is 5.18. The Balaban J connectivity index is 2.07. The van der Waals surface area contributed by atoms with Gasteiger partial charge >= 0.3 is 5.97 Å². The first kappa shape index (κ1) is 22.0. The number of thioether (sulfide) groups is 1. The van der Waals surface area contributed by atoms with Crippen LogP contribution in [0.4, 0.5) is 5.95 Å². The molecule has 0 bridgehead atoms. The lowest BCUT2D eigenvalue weighted by atomic mass is 9.95. The minimum atomic E-state index is -0.494. The molecule has 0 saturated carbocycles. The lowest BCUT2D eigenvalue weighted by Gasteiger charge is -2.28. The molecular formula is C21H28N4O4S. The van der Waals surface area contributed by atoms with Gasteiger partial charge in [0.05, 0.1) is 26.4 Å². The number of fused-ring (bicyclic) bond motifs is 1. The van der Waals surface area contributed by atoms with Crippen LogP contribution in [0.5, 0.6) is 11.5 Å². The van der Waals surface area contributed by atoms with E-state index in [4.69, 9.17) is 14.2 Å². The van der Waals surface area contributed by atoms with Crippen LogP contribution in [0.25, 0.3) is 0 Å². The Labute approximate surface area is 181 Å². The van der Waals surface area contributed by atoms with E-state index >= 15 is 0 Å². The Kier molecular flexibility index (Phi) is 7.25. The van der Waals surface area contributed by atoms with Crippen molar-refractivity contribution in [2.24, 2.45) is 0 Å². The van der Waals surface area contributed by atoms with E-state index in [9.17, 15) is 4.79 Å². The zero-order valence-electron chi connectivity index (χ0n) is 18.0. The smallest absolute Gasteiger partial charge is 0.338 e. The Morgan fingerprint density at radius 2 is 2.07 bits per heavy atom. The van der Waals surface area contributed by atoms with Crippen LogP contribution >= 0.6 is 11.8 Å². The van der Waals surface area contributed by atoms with E-state index in [2.05, 4.69) is 22.3 Å². The number of nitrogens with one attached hydrogen (secondary N) is 1. The van der Waals surface area contributed by atoms with Gasteiger partial charge in [-0.15, -0.1) is 5.10 Å². The number of aromatic nitrogens is 3. The molecule has 0 fully saturated rings. The standard InChI is InChI=1S/C21H28N4O4S/c1-6-8-11-29-15-10-9-14(12-16(15)27-4)18-17(19(26)28-5)13(3)22-20-23-21(30-7-2)24-25(18)20/h9-10,12,18H,6-8,11H2,1-5H3,(H,22,23,24). The van der Waals surface area contributed by atoms with E-state index in [1.807, 2.05) is 32.0 Å². The summed E-state index contributed by atoms with van der Waals surface area (Å²) in [6.07, 6.45) is 2.02. The molecule has 1 aromatic carbocycles. The zero-order valence-corrected chi connectivity index (χ0v) is 18.8. The first-order chi connectivity index (χ1) is 14.5. The lowest BCUT2D eigenvalue weighted by molar-refractivity contribution is -0.136. The number of carbonyl (C=O) groups is 1. The maximum atomic E-state index is 12.7. The quantitative estimate of drug-likeness (QED) is 0.361. The average Bonchev–Trinajstić information content (AvgIpc) is 3.14. The van der Waals surface area contributed by atoms with Crippen molar-refractivity contribution in [3.05, 3.63) is 35.0 Å². The van der Waals surface area contributed by atoms with E-state index in [-0.39, 0.29) is 0 Å². The summed E-state index contributed by atoms with van der Waals surface area (Å²) in [5.74, 6) is 2.29. The highest BCUT2D eigenvalue weighted by atomic mass is 32.2. The summed E-state index contributed by atoms with van der Waals surface area (Å²) < 4.78 is 18.2. The molecule has 0 amide bonds. The van der Waals surface area contributed by atoms with Crippen LogP contribution in [0.3, 0.4) is 0 Å². The van der Waals surface area contributed by atoms with Crippen LogP contribution in [-0.4, -0.2) is 47.3 Å². The summed E-state index contributed by atoms with van der Waals surface area (Å²) in [6.45, 7) is 6.62. The molecule has 8 nitrogen and oxygen atoms in total. The molecule has 1 aliphatic rings. The molecule has 2 aromatic rings. The molecule has 1 atom stereocenters. The van der Waals surface area contributed by atoms with Crippen LogP contribution in [0.15, 0.2) is 34.6 Å². The first-order valence-corrected chi connectivity index (χ1v) is 11.0. The maximum Gasteiger partial charge on any atom is 0.338 e. The normalized spacial score (nSPS) is 15.4. The lowest BCUT2D eigenvalue weighted by Crippen LogP contribution is -2.29. The zero-order chi connectivity index (χ0) is 21.7. The van der Waals surface area contributed by atoms with Crippen molar-refractivity contribution in [1.29, 1.82) is 0 Å². The van der Waals surface area contributed by atoms with Gasteiger partial charge in [0.2, 0.25) is 11.1 Å². The highest BCUT2D eigenvalue weighted by Gasteiger charge is 2.35. The molecule has 3 rings (SSSR count). The summed E-state index contributed by atoms with van der Waals surface area (Å²) in [5, 5.41) is 8.46. The maximum absolute atomic E-state index is 12.7. The van der Waals surface area contributed by atoms with Crippen molar-refractivity contribution in [1.82, 2.24) is 14.8 Å². The van der Waals surface area contributed by atoms with Gasteiger partial charge in [-0.05, 0) is 36.8 Å². The van der Waals surface area contributed by atoms with Crippen molar-refractivity contribution in [2.75, 3.05) is 31.9 Å². The molecule has 0 radical (unpaired) electrons. The fraction of sp³-hybridized carbons (Fsp3) is 0.476. The molecule has 162 valence electrons. The molecule has 0 spiro atoms. The number of allylic oxidation sites excluding steroid dienone is 1. The number of esters is 1. The predicted octanol–water partition coefficient (Wildman–Crippen LogP) is 4.04. The van der Waals surface area contributed by atoms with Gasteiger partial charge in [0.25, 0.3) is 0 Å². The summed E-state index contributed by atoms with van der Waals surface area (Å²) in [5.41, 5.74) is 1.99. The van der Waals surface area contributed by atoms with E-state index in [0.717, 1.165) is 24.2 Å². The van der Waals surface area contributed by atoms with Gasteiger partial charge in [-0.3, -0.25) is 0 Å². The minimum absolute atomic E-state index is 0.418. The Morgan fingerprint density at radius 1 is 1.27 bits per heavy atom. The van der Waals surface area contributed by atoms with Gasteiger partial charge in [0, 0.05) is 5.70 Å². The number of carbonyl (C=O) groups excluding carboxylic acids is 1. The van der Waals surface area contributed by atoms with Crippen LogP contribution in [-0.2, 0) is 9.53 Å². The largest absolute Gasteiger partial charge is 0.493 e. The molecule has 30 heavy (non-hydrogen) atoms. The second-order valence-electron chi connectivity index (χ2n) is 6.77. The number of hydrogen-bond acceptors (Lipinski definition) is 8. The summed E-state index contributed by atoms with van der Waals surface area (Å²) >= 11 is 1.54. The van der Waals surface area contributed by atoms with E-state index in [1.165, 1.54) is 7.11 Å². The number of methoxy groups -OCH3 is 2. The second-order valence-corrected chi connectivity index (χ2v) is 8.00. The molecule has 1 aliphatic heterocycles. The number of ether oxygens (including phenoxy) is 3. The highest BCUT2D eigenvalue weighted by Crippen LogP contribution is 2.39. The number of rotatable bonds is 9. The van der Waals surface area contributed by atoms with Gasteiger partial charge < -0.3 is 19.5 Å². The van der Waals surface area contributed by atoms with Gasteiger partial charge in [0.1, 0.15) is 6.04 Å². The van der Waals surface area contributed by atoms with Crippen molar-refractivity contribution < 1.29 is 19.0 Å². The van der Waals surface area contributed by atoms with Crippen LogP contribution in [0.1, 0.15) is 45.2 Å². The Hall–Kier alpha value is -2.68. The van der Waals surface area contributed by atoms with E-state index in [1.54, 1.807) is 23.6 Å². The first-order valence-electron chi connectivity index (χ1n) is 10.00. The van der Waals surface area contributed by atoms with Crippen molar-refractivity contribution >= 4 is 23.7 Å². The minimum Gasteiger partial charge on any atom is -0.493 e. The number of nitrogens with zero attached hydrogens (tertiary/aromatic N) is 3. The predicted molar refractivity (Wildman–Crippen MR) is 116 cm³/mol. The molecular weight excluding hydrogens is 404 g/mol. The monoisotopic (exact) mass is 432 g/mol. The SMILES string of the molecule is CCCCOc1ccc(C2C(C(=O)OC)=C(C)Nc3nc(SCC)nn32)cc1OC. The summed E-state index contributed by atoms with van der Waals surface area (Å²) in [7, 11) is 2.98. The average molecular weight is 433 g/mol. The number of unbranched alkanes of at least 4 members (excludes halogenated alkanes) is 1. The molecule has 2 heterocycles. The highest BCUT2D eigenvalue weighted by molar-refractivity contribution is 7.99. The fourth-order valence-electron chi connectivity index (χ4n) is 3.30. The topological polar surface area (TPSA) is 87.5 Å². The van der Waals surface area contributed by atoms with Gasteiger partial charge in [-0.1, -0.05) is 38.1 Å². The molecule has 9 heteroatoms. The number of anilines is 1. The molecule has 1 aromatic heterocycles. The summed E-state index contributed by atoms with van der Waals surface area (Å²) in [4.78, 5) is 17.2. The third kappa shape index (κ3) is 4.40. The van der Waals surface area contributed by atoms with Crippen LogP contribution < -0.4 is 14.8 Å². The Morgan fingerprint density at radius 3 is 2.73 bits per heavy atom. The van der Waals surface area contributed by atoms with E-state index < -0.39 is 12.0 Å². The molecule has 1 unspecified atom stereocenters. The second kappa shape index (κ2) is 9.88. The molecule has 0 aliphatic carbocycles. The van der Waals surface area contributed by atoms with Crippen molar-refractivity contribution in [3.8, 4) is 11.5 Å². The fourth-order valence-corrected chi connectivity index (χ4v) is 3.86.